The number of piperidine rings is 1. The molecule has 146 valence electrons. The van der Waals surface area contributed by atoms with Gasteiger partial charge in [-0.25, -0.2) is 9.97 Å². The quantitative estimate of drug-likeness (QED) is 0.788. The summed E-state index contributed by atoms with van der Waals surface area (Å²) in [6, 6.07) is 8.85. The third kappa shape index (κ3) is 4.09. The summed E-state index contributed by atoms with van der Waals surface area (Å²) in [7, 11) is 0. The molecule has 28 heavy (non-hydrogen) atoms. The maximum absolute atomic E-state index is 12.9. The van der Waals surface area contributed by atoms with Gasteiger partial charge in [-0.1, -0.05) is 11.6 Å². The number of halogens is 1. The van der Waals surface area contributed by atoms with E-state index in [0.717, 1.165) is 18.5 Å². The van der Waals surface area contributed by atoms with Crippen molar-refractivity contribution in [2.45, 2.75) is 25.4 Å². The van der Waals surface area contributed by atoms with Gasteiger partial charge in [0.15, 0.2) is 0 Å². The molecule has 7 nitrogen and oxygen atoms in total. The first kappa shape index (κ1) is 18.7. The van der Waals surface area contributed by atoms with Crippen molar-refractivity contribution < 1.29 is 14.3 Å². The molecule has 0 spiro atoms. The summed E-state index contributed by atoms with van der Waals surface area (Å²) in [5.41, 5.74) is 0.779. The number of amides is 2. The average Bonchev–Trinajstić information content (AvgIpc) is 3.11. The molecule has 1 aromatic carbocycles. The second kappa shape index (κ2) is 8.14. The summed E-state index contributed by atoms with van der Waals surface area (Å²) in [6.07, 6.45) is 4.88. The lowest BCUT2D eigenvalue weighted by Gasteiger charge is -2.33. The monoisotopic (exact) mass is 400 g/mol. The number of hydrogen-bond acceptors (Lipinski definition) is 5. The maximum Gasteiger partial charge on any atom is 0.228 e. The lowest BCUT2D eigenvalue weighted by atomic mass is 10.0. The molecule has 2 saturated heterocycles. The van der Waals surface area contributed by atoms with Crippen LogP contribution in [-0.2, 0) is 9.59 Å². The van der Waals surface area contributed by atoms with Gasteiger partial charge in [-0.3, -0.25) is 9.59 Å². The number of anilines is 1. The Bertz CT molecular complexity index is 838. The zero-order valence-electron chi connectivity index (χ0n) is 15.3. The summed E-state index contributed by atoms with van der Waals surface area (Å²) < 4.78 is 5.85. The van der Waals surface area contributed by atoms with Crippen LogP contribution in [0.1, 0.15) is 19.3 Å². The Morgan fingerprint density at radius 1 is 1.14 bits per heavy atom. The van der Waals surface area contributed by atoms with Crippen LogP contribution in [0.4, 0.5) is 5.69 Å². The Balaban J connectivity index is 1.32. The second-order valence-corrected chi connectivity index (χ2v) is 7.51. The van der Waals surface area contributed by atoms with Crippen molar-refractivity contribution in [3.05, 3.63) is 47.9 Å². The van der Waals surface area contributed by atoms with Gasteiger partial charge < -0.3 is 14.5 Å². The van der Waals surface area contributed by atoms with E-state index >= 15 is 0 Å². The van der Waals surface area contributed by atoms with E-state index < -0.39 is 0 Å². The van der Waals surface area contributed by atoms with Crippen molar-refractivity contribution in [3.8, 4) is 5.88 Å². The van der Waals surface area contributed by atoms with Crippen LogP contribution in [0.2, 0.25) is 5.02 Å². The van der Waals surface area contributed by atoms with Crippen molar-refractivity contribution in [2.75, 3.05) is 24.5 Å². The minimum atomic E-state index is -0.303. The number of nitrogens with zero attached hydrogens (tertiary/aromatic N) is 4. The zero-order valence-corrected chi connectivity index (χ0v) is 16.1. The average molecular weight is 401 g/mol. The van der Waals surface area contributed by atoms with E-state index in [9.17, 15) is 9.59 Å². The predicted molar refractivity (Wildman–Crippen MR) is 104 cm³/mol. The SMILES string of the molecule is O=C(C1CC(=O)N(c2ccc(Cl)cc2)C1)N1CCC(Oc2ccncn2)CC1. The smallest absolute Gasteiger partial charge is 0.228 e. The molecule has 2 fully saturated rings. The maximum atomic E-state index is 12.9. The van der Waals surface area contributed by atoms with E-state index in [-0.39, 0.29) is 30.3 Å². The molecule has 8 heteroatoms. The largest absolute Gasteiger partial charge is 0.474 e. The number of ether oxygens (including phenoxy) is 1. The molecule has 4 rings (SSSR count). The van der Waals surface area contributed by atoms with Gasteiger partial charge in [-0.2, -0.15) is 0 Å². The van der Waals surface area contributed by atoms with E-state index in [1.165, 1.54) is 6.33 Å². The molecule has 0 aliphatic carbocycles. The van der Waals surface area contributed by atoms with E-state index in [2.05, 4.69) is 9.97 Å². The molecule has 1 unspecified atom stereocenters. The molecular weight excluding hydrogens is 380 g/mol. The lowest BCUT2D eigenvalue weighted by Crippen LogP contribution is -2.45. The number of carbonyl (C=O) groups excluding carboxylic acids is 2. The highest BCUT2D eigenvalue weighted by atomic mass is 35.5. The third-order valence-corrected chi connectivity index (χ3v) is 5.46. The molecule has 2 amide bonds. The minimum absolute atomic E-state index is 0.0253. The first-order valence-electron chi connectivity index (χ1n) is 9.37. The number of benzene rings is 1. The van der Waals surface area contributed by atoms with Gasteiger partial charge in [0.1, 0.15) is 12.4 Å². The normalized spacial score (nSPS) is 20.5. The molecule has 0 bridgehead atoms. The molecule has 1 atom stereocenters. The molecule has 2 aliphatic heterocycles. The number of likely N-dealkylation sites (tertiary alicyclic amines) is 1. The van der Waals surface area contributed by atoms with Gasteiger partial charge in [0, 0.05) is 61.9 Å². The minimum Gasteiger partial charge on any atom is -0.474 e. The first-order chi connectivity index (χ1) is 13.6. The standard InChI is InChI=1S/C20H21ClN4O3/c21-15-1-3-16(4-2-15)25-12-14(11-19(25)26)20(27)24-9-6-17(7-10-24)28-18-5-8-22-13-23-18/h1-5,8,13-14,17H,6-7,9-12H2. The topological polar surface area (TPSA) is 75.6 Å². The summed E-state index contributed by atoms with van der Waals surface area (Å²) in [6.45, 7) is 1.66. The molecule has 2 aliphatic rings. The van der Waals surface area contributed by atoms with E-state index in [1.807, 2.05) is 17.0 Å². The fourth-order valence-electron chi connectivity index (χ4n) is 3.71. The van der Waals surface area contributed by atoms with Gasteiger partial charge in [-0.05, 0) is 24.3 Å². The Kier molecular flexibility index (Phi) is 5.43. The highest BCUT2D eigenvalue weighted by Gasteiger charge is 2.38. The molecule has 0 N–H and O–H groups in total. The van der Waals surface area contributed by atoms with Gasteiger partial charge in [0.2, 0.25) is 17.7 Å². The third-order valence-electron chi connectivity index (χ3n) is 5.21. The van der Waals surface area contributed by atoms with Crippen LogP contribution < -0.4 is 9.64 Å². The Morgan fingerprint density at radius 3 is 2.57 bits per heavy atom. The molecule has 3 heterocycles. The van der Waals surface area contributed by atoms with E-state index in [0.29, 0.717) is 30.5 Å². The van der Waals surface area contributed by atoms with Crippen molar-refractivity contribution >= 4 is 29.1 Å². The Labute approximate surface area is 168 Å². The van der Waals surface area contributed by atoms with Gasteiger partial charge in [0.25, 0.3) is 0 Å². The van der Waals surface area contributed by atoms with Crippen molar-refractivity contribution in [2.24, 2.45) is 5.92 Å². The zero-order chi connectivity index (χ0) is 19.5. The van der Waals surface area contributed by atoms with E-state index in [1.54, 1.807) is 29.3 Å². The first-order valence-corrected chi connectivity index (χ1v) is 9.75. The number of hydrogen-bond donors (Lipinski definition) is 0. The highest BCUT2D eigenvalue weighted by molar-refractivity contribution is 6.30. The Hall–Kier alpha value is -2.67. The predicted octanol–water partition coefficient (Wildman–Crippen LogP) is 2.55. The highest BCUT2D eigenvalue weighted by Crippen LogP contribution is 2.28. The Morgan fingerprint density at radius 2 is 1.89 bits per heavy atom. The summed E-state index contributed by atoms with van der Waals surface area (Å²) in [5, 5.41) is 0.620. The second-order valence-electron chi connectivity index (χ2n) is 7.07. The molecule has 0 radical (unpaired) electrons. The van der Waals surface area contributed by atoms with Crippen LogP contribution >= 0.6 is 11.6 Å². The van der Waals surface area contributed by atoms with E-state index in [4.69, 9.17) is 16.3 Å². The summed E-state index contributed by atoms with van der Waals surface area (Å²) >= 11 is 5.92. The van der Waals surface area contributed by atoms with Crippen LogP contribution in [0.25, 0.3) is 0 Å². The summed E-state index contributed by atoms with van der Waals surface area (Å²) in [5.74, 6) is 0.273. The number of carbonyl (C=O) groups is 2. The van der Waals surface area contributed by atoms with Crippen molar-refractivity contribution in [3.63, 3.8) is 0 Å². The van der Waals surface area contributed by atoms with Crippen LogP contribution in [0.5, 0.6) is 5.88 Å². The molecule has 1 aromatic heterocycles. The number of rotatable bonds is 4. The van der Waals surface area contributed by atoms with Gasteiger partial charge >= 0.3 is 0 Å². The molecule has 2 aromatic rings. The molecule has 0 saturated carbocycles. The van der Waals surface area contributed by atoms with Crippen LogP contribution in [0.15, 0.2) is 42.9 Å². The number of aromatic nitrogens is 2. The van der Waals surface area contributed by atoms with Crippen LogP contribution in [0.3, 0.4) is 0 Å². The lowest BCUT2D eigenvalue weighted by molar-refractivity contribution is -0.137. The van der Waals surface area contributed by atoms with Gasteiger partial charge in [0.05, 0.1) is 5.92 Å². The molecular formula is C20H21ClN4O3. The van der Waals surface area contributed by atoms with Crippen molar-refractivity contribution in [1.82, 2.24) is 14.9 Å². The van der Waals surface area contributed by atoms with Crippen LogP contribution in [0, 0.1) is 5.92 Å². The fourth-order valence-corrected chi connectivity index (χ4v) is 3.84. The van der Waals surface area contributed by atoms with Crippen LogP contribution in [-0.4, -0.2) is 52.4 Å². The summed E-state index contributed by atoms with van der Waals surface area (Å²) in [4.78, 5) is 36.8. The fraction of sp³-hybridized carbons (Fsp3) is 0.400. The van der Waals surface area contributed by atoms with Gasteiger partial charge in [-0.15, -0.1) is 0 Å². The van der Waals surface area contributed by atoms with Crippen molar-refractivity contribution in [1.29, 1.82) is 0 Å².